The summed E-state index contributed by atoms with van der Waals surface area (Å²) < 4.78 is 15.3. The number of aliphatic hydroxyl groups is 1. The second-order valence-electron chi connectivity index (χ2n) is 6.10. The van der Waals surface area contributed by atoms with Gasteiger partial charge in [0.25, 0.3) is 0 Å². The zero-order chi connectivity index (χ0) is 19.7. The van der Waals surface area contributed by atoms with E-state index in [1.807, 2.05) is 0 Å². The van der Waals surface area contributed by atoms with E-state index in [2.05, 4.69) is 0 Å². The molecule has 0 aromatic carbocycles. The van der Waals surface area contributed by atoms with Crippen LogP contribution in [0, 0.1) is 0 Å². The average Bonchev–Trinajstić information content (AvgIpc) is 2.50. The van der Waals surface area contributed by atoms with Gasteiger partial charge in [-0.25, -0.2) is 9.59 Å². The van der Waals surface area contributed by atoms with E-state index < -0.39 is 42.3 Å². The molecular formula is C18H24O8. The Morgan fingerprint density at radius 2 is 1.77 bits per heavy atom. The molecule has 1 unspecified atom stereocenters. The van der Waals surface area contributed by atoms with Gasteiger partial charge in [0.2, 0.25) is 0 Å². The minimum Gasteiger partial charge on any atom is -0.462 e. The fraction of sp³-hybridized carbons (Fsp3) is 0.556. The molecule has 1 rings (SSSR count). The number of ether oxygens (including phenoxy) is 3. The summed E-state index contributed by atoms with van der Waals surface area (Å²) in [6.45, 7) is 4.43. The number of ketones is 1. The lowest BCUT2D eigenvalue weighted by atomic mass is 10.1. The molecule has 4 atom stereocenters. The van der Waals surface area contributed by atoms with Crippen LogP contribution in [0.2, 0.25) is 0 Å². The van der Waals surface area contributed by atoms with Gasteiger partial charge < -0.3 is 19.3 Å². The first-order chi connectivity index (χ1) is 12.2. The van der Waals surface area contributed by atoms with E-state index in [-0.39, 0.29) is 25.0 Å². The molecule has 0 aromatic heterocycles. The summed E-state index contributed by atoms with van der Waals surface area (Å²) in [5.41, 5.74) is 0. The van der Waals surface area contributed by atoms with E-state index >= 15 is 0 Å². The zero-order valence-electron chi connectivity index (χ0n) is 15.0. The van der Waals surface area contributed by atoms with E-state index in [0.717, 1.165) is 12.2 Å². The molecular weight excluding hydrogens is 344 g/mol. The first-order valence-electron chi connectivity index (χ1n) is 8.30. The third-order valence-electron chi connectivity index (χ3n) is 3.46. The molecule has 1 N–H and O–H groups in total. The lowest BCUT2D eigenvalue weighted by Gasteiger charge is -2.18. The maximum absolute atomic E-state index is 11.9. The number of rotatable bonds is 2. The van der Waals surface area contributed by atoms with Gasteiger partial charge in [-0.1, -0.05) is 6.08 Å². The Morgan fingerprint density at radius 3 is 2.42 bits per heavy atom. The zero-order valence-corrected chi connectivity index (χ0v) is 15.0. The Balaban J connectivity index is 2.94. The standard InChI is InChI=1S/C18H24O8/c1-11(19)9-14-10-18(23)24-12(2)5-4-6-16(21)25-13(3)15(20)7-8-17(22)26-14/h4,6-8,12-15,20H,5,9-10H2,1-3H3/b6-4+,8-7+/t12-,13-,14?,15+/m0/s1. The summed E-state index contributed by atoms with van der Waals surface area (Å²) in [7, 11) is 0. The van der Waals surface area contributed by atoms with Crippen LogP contribution in [0.15, 0.2) is 24.3 Å². The third kappa shape index (κ3) is 8.57. The second-order valence-corrected chi connectivity index (χ2v) is 6.10. The highest BCUT2D eigenvalue weighted by atomic mass is 16.6. The minimum absolute atomic E-state index is 0.125. The molecule has 0 aromatic rings. The Hall–Kier alpha value is -2.48. The van der Waals surface area contributed by atoms with Crippen LogP contribution in [0.5, 0.6) is 0 Å². The highest BCUT2D eigenvalue weighted by molar-refractivity contribution is 5.84. The van der Waals surface area contributed by atoms with Gasteiger partial charge in [-0.05, 0) is 26.8 Å². The molecule has 8 nitrogen and oxygen atoms in total. The molecule has 0 bridgehead atoms. The Morgan fingerprint density at radius 1 is 1.12 bits per heavy atom. The van der Waals surface area contributed by atoms with Gasteiger partial charge in [0.15, 0.2) is 0 Å². The number of cyclic esters (lactones) is 3. The predicted molar refractivity (Wildman–Crippen MR) is 89.8 cm³/mol. The van der Waals surface area contributed by atoms with Gasteiger partial charge in [0, 0.05) is 25.0 Å². The SMILES string of the molecule is CC(=O)CC1CC(=O)O[C@@H](C)C/C=C/C(=O)O[C@@H](C)[C@H](O)/C=C/C(=O)O1. The van der Waals surface area contributed by atoms with Gasteiger partial charge >= 0.3 is 17.9 Å². The van der Waals surface area contributed by atoms with Gasteiger partial charge in [-0.15, -0.1) is 0 Å². The summed E-state index contributed by atoms with van der Waals surface area (Å²) in [6, 6.07) is 0. The maximum atomic E-state index is 11.9. The van der Waals surface area contributed by atoms with Crippen LogP contribution < -0.4 is 0 Å². The largest absolute Gasteiger partial charge is 0.462 e. The number of hydrogen-bond donors (Lipinski definition) is 1. The Kier molecular flexibility index (Phi) is 8.71. The van der Waals surface area contributed by atoms with E-state index in [4.69, 9.17) is 14.2 Å². The highest BCUT2D eigenvalue weighted by Gasteiger charge is 2.22. The molecule has 0 saturated carbocycles. The molecule has 0 radical (unpaired) electrons. The first kappa shape index (κ1) is 21.6. The second kappa shape index (κ2) is 10.5. The normalized spacial score (nSPS) is 31.3. The smallest absolute Gasteiger partial charge is 0.330 e. The number of carbonyl (C=O) groups excluding carboxylic acids is 4. The van der Waals surface area contributed by atoms with Crippen molar-refractivity contribution in [3.63, 3.8) is 0 Å². The van der Waals surface area contributed by atoms with Crippen molar-refractivity contribution < 1.29 is 38.5 Å². The summed E-state index contributed by atoms with van der Waals surface area (Å²) in [4.78, 5) is 46.8. The van der Waals surface area contributed by atoms with Crippen LogP contribution in [-0.4, -0.2) is 53.2 Å². The number of hydrogen-bond acceptors (Lipinski definition) is 8. The van der Waals surface area contributed by atoms with Crippen molar-refractivity contribution in [2.24, 2.45) is 0 Å². The van der Waals surface area contributed by atoms with E-state index in [1.54, 1.807) is 6.92 Å². The van der Waals surface area contributed by atoms with E-state index in [1.165, 1.54) is 26.0 Å². The number of aliphatic hydroxyl groups excluding tert-OH is 1. The number of esters is 3. The molecule has 1 heterocycles. The molecule has 0 spiro atoms. The van der Waals surface area contributed by atoms with Crippen molar-refractivity contribution in [3.05, 3.63) is 24.3 Å². The molecule has 0 aliphatic carbocycles. The first-order valence-corrected chi connectivity index (χ1v) is 8.30. The van der Waals surface area contributed by atoms with Crippen molar-refractivity contribution in [3.8, 4) is 0 Å². The fourth-order valence-corrected chi connectivity index (χ4v) is 2.17. The summed E-state index contributed by atoms with van der Waals surface area (Å²) in [5.74, 6) is -2.37. The third-order valence-corrected chi connectivity index (χ3v) is 3.46. The molecule has 1 aliphatic heterocycles. The highest BCUT2D eigenvalue weighted by Crippen LogP contribution is 2.11. The quantitative estimate of drug-likeness (QED) is 0.567. The Bertz CT molecular complexity index is 592. The molecule has 8 heteroatoms. The summed E-state index contributed by atoms with van der Waals surface area (Å²) >= 11 is 0. The van der Waals surface area contributed by atoms with E-state index in [9.17, 15) is 24.3 Å². The average molecular weight is 368 g/mol. The van der Waals surface area contributed by atoms with Gasteiger partial charge in [-0.2, -0.15) is 0 Å². The van der Waals surface area contributed by atoms with Crippen LogP contribution in [0.25, 0.3) is 0 Å². The lowest BCUT2D eigenvalue weighted by molar-refractivity contribution is -0.155. The molecule has 0 saturated heterocycles. The van der Waals surface area contributed by atoms with Crippen LogP contribution in [0.4, 0.5) is 0 Å². The molecule has 0 amide bonds. The van der Waals surface area contributed by atoms with Crippen molar-refractivity contribution in [2.75, 3.05) is 0 Å². The van der Waals surface area contributed by atoms with Crippen molar-refractivity contribution >= 4 is 23.7 Å². The van der Waals surface area contributed by atoms with Crippen molar-refractivity contribution in [2.45, 2.75) is 64.4 Å². The van der Waals surface area contributed by atoms with Crippen LogP contribution in [0.1, 0.15) is 40.0 Å². The lowest BCUT2D eigenvalue weighted by Crippen LogP contribution is -2.28. The monoisotopic (exact) mass is 368 g/mol. The van der Waals surface area contributed by atoms with Gasteiger partial charge in [0.1, 0.15) is 30.2 Å². The summed E-state index contributed by atoms with van der Waals surface area (Å²) in [6.07, 6.45) is 1.04. The fourth-order valence-electron chi connectivity index (χ4n) is 2.17. The van der Waals surface area contributed by atoms with Crippen molar-refractivity contribution in [1.82, 2.24) is 0 Å². The minimum atomic E-state index is -1.22. The molecule has 144 valence electrons. The number of carbonyl (C=O) groups is 4. The van der Waals surface area contributed by atoms with E-state index in [0.29, 0.717) is 0 Å². The van der Waals surface area contributed by atoms with Gasteiger partial charge in [0.05, 0.1) is 6.42 Å². The summed E-state index contributed by atoms with van der Waals surface area (Å²) in [5, 5.41) is 9.89. The van der Waals surface area contributed by atoms with Crippen LogP contribution in [-0.2, 0) is 33.4 Å². The number of Topliss-reactive ketones (excluding diaryl/α,β-unsaturated/α-hetero) is 1. The van der Waals surface area contributed by atoms with Gasteiger partial charge in [-0.3, -0.25) is 9.59 Å². The van der Waals surface area contributed by atoms with Crippen LogP contribution >= 0.6 is 0 Å². The molecule has 26 heavy (non-hydrogen) atoms. The Labute approximate surface area is 151 Å². The van der Waals surface area contributed by atoms with Crippen molar-refractivity contribution in [1.29, 1.82) is 0 Å². The topological polar surface area (TPSA) is 116 Å². The molecule has 0 fully saturated rings. The predicted octanol–water partition coefficient (Wildman–Crippen LogP) is 1.01. The molecule has 1 aliphatic rings. The van der Waals surface area contributed by atoms with Crippen LogP contribution in [0.3, 0.4) is 0 Å². The maximum Gasteiger partial charge on any atom is 0.330 e.